The van der Waals surface area contributed by atoms with Gasteiger partial charge in [0.25, 0.3) is 5.91 Å². The topological polar surface area (TPSA) is 87.5 Å². The Hall–Kier alpha value is -3.23. The quantitative estimate of drug-likeness (QED) is 0.577. The van der Waals surface area contributed by atoms with E-state index in [0.29, 0.717) is 5.69 Å². The van der Waals surface area contributed by atoms with Crippen molar-refractivity contribution < 1.29 is 18.5 Å². The van der Waals surface area contributed by atoms with Crippen molar-refractivity contribution in [1.29, 1.82) is 0 Å². The molecule has 2 amide bonds. The first-order chi connectivity index (χ1) is 14.8. The Kier molecular flexibility index (Phi) is 7.04. The number of nitrogens with one attached hydrogen (secondary N) is 2. The molecule has 0 spiro atoms. The lowest BCUT2D eigenvalue weighted by atomic mass is 10.0. The number of likely N-dealkylation sites (N-methyl/N-ethyl adjacent to an activating group) is 1. The number of aryl methyl sites for hydroxylation is 1. The van der Waals surface area contributed by atoms with Crippen molar-refractivity contribution in [2.24, 2.45) is 0 Å². The second-order valence-corrected chi connectivity index (χ2v) is 7.64. The van der Waals surface area contributed by atoms with Crippen LogP contribution in [0.25, 0.3) is 11.3 Å². The molecule has 9 heteroatoms. The van der Waals surface area contributed by atoms with Crippen LogP contribution in [0.1, 0.15) is 21.7 Å². The zero-order valence-corrected chi connectivity index (χ0v) is 18.1. The molecular formula is C22H22ClFN4O3. The Morgan fingerprint density at radius 1 is 1.19 bits per heavy atom. The number of rotatable bonds is 7. The summed E-state index contributed by atoms with van der Waals surface area (Å²) in [5.41, 5.74) is 1.57. The molecule has 7 nitrogen and oxygen atoms in total. The van der Waals surface area contributed by atoms with Gasteiger partial charge in [0.2, 0.25) is 5.91 Å². The van der Waals surface area contributed by atoms with Gasteiger partial charge in [-0.2, -0.15) is 0 Å². The third kappa shape index (κ3) is 5.48. The molecule has 3 aromatic rings. The van der Waals surface area contributed by atoms with Crippen LogP contribution in [0.5, 0.6) is 0 Å². The standard InChI is InChI=1S/C22H22ClFN4O3/c1-13-19(21(27-31-13)20-16(23)8-5-9-17(20)24)22(30)25-11-14-6-4-7-15(10-14)26-18(29)12-28(2)3/h4-10H,11-12H2,1-3H3,(H,25,30)(H,26,29). The lowest BCUT2D eigenvalue weighted by Gasteiger charge is -2.11. The fourth-order valence-electron chi connectivity index (χ4n) is 3.05. The number of amides is 2. The van der Waals surface area contributed by atoms with E-state index in [2.05, 4.69) is 15.8 Å². The molecule has 0 fully saturated rings. The minimum absolute atomic E-state index is 0.0109. The first-order valence-electron chi connectivity index (χ1n) is 9.48. The Morgan fingerprint density at radius 3 is 2.65 bits per heavy atom. The van der Waals surface area contributed by atoms with E-state index in [0.717, 1.165) is 5.56 Å². The molecule has 1 aromatic heterocycles. The number of aromatic nitrogens is 1. The van der Waals surface area contributed by atoms with Crippen molar-refractivity contribution in [3.8, 4) is 11.3 Å². The summed E-state index contributed by atoms with van der Waals surface area (Å²) in [6, 6.07) is 11.4. The van der Waals surface area contributed by atoms with Crippen molar-refractivity contribution in [1.82, 2.24) is 15.4 Å². The van der Waals surface area contributed by atoms with E-state index in [1.807, 2.05) is 6.07 Å². The van der Waals surface area contributed by atoms with Crippen LogP contribution in [0.2, 0.25) is 5.02 Å². The van der Waals surface area contributed by atoms with Crippen molar-refractivity contribution in [3.05, 3.63) is 70.2 Å². The summed E-state index contributed by atoms with van der Waals surface area (Å²) in [4.78, 5) is 26.6. The highest BCUT2D eigenvalue weighted by atomic mass is 35.5. The van der Waals surface area contributed by atoms with E-state index in [1.54, 1.807) is 44.1 Å². The maximum atomic E-state index is 14.3. The highest BCUT2D eigenvalue weighted by molar-refractivity contribution is 6.33. The third-order valence-corrected chi connectivity index (χ3v) is 4.73. The molecule has 0 saturated carbocycles. The number of benzene rings is 2. The summed E-state index contributed by atoms with van der Waals surface area (Å²) in [6.45, 7) is 2.02. The number of carbonyl (C=O) groups excluding carboxylic acids is 2. The Morgan fingerprint density at radius 2 is 1.94 bits per heavy atom. The smallest absolute Gasteiger partial charge is 0.257 e. The summed E-state index contributed by atoms with van der Waals surface area (Å²) < 4.78 is 19.5. The van der Waals surface area contributed by atoms with Crippen molar-refractivity contribution in [3.63, 3.8) is 0 Å². The summed E-state index contributed by atoms with van der Waals surface area (Å²) in [6.07, 6.45) is 0. The van der Waals surface area contributed by atoms with Gasteiger partial charge in [0.1, 0.15) is 22.8 Å². The summed E-state index contributed by atoms with van der Waals surface area (Å²) >= 11 is 6.12. The monoisotopic (exact) mass is 444 g/mol. The average molecular weight is 445 g/mol. The molecule has 0 atom stereocenters. The van der Waals surface area contributed by atoms with E-state index in [4.69, 9.17) is 16.1 Å². The number of anilines is 1. The maximum absolute atomic E-state index is 14.3. The van der Waals surface area contributed by atoms with E-state index < -0.39 is 11.7 Å². The van der Waals surface area contributed by atoms with Gasteiger partial charge in [-0.25, -0.2) is 4.39 Å². The van der Waals surface area contributed by atoms with Crippen molar-refractivity contribution in [2.45, 2.75) is 13.5 Å². The molecule has 0 aliphatic rings. The highest BCUT2D eigenvalue weighted by Crippen LogP contribution is 2.33. The predicted octanol–water partition coefficient (Wildman–Crippen LogP) is 3.87. The van der Waals surface area contributed by atoms with Gasteiger partial charge in [0, 0.05) is 12.2 Å². The van der Waals surface area contributed by atoms with Crippen LogP contribution in [-0.4, -0.2) is 42.5 Å². The van der Waals surface area contributed by atoms with E-state index in [-0.39, 0.29) is 46.6 Å². The summed E-state index contributed by atoms with van der Waals surface area (Å²) in [7, 11) is 3.61. The van der Waals surface area contributed by atoms with Gasteiger partial charge >= 0.3 is 0 Å². The molecule has 2 N–H and O–H groups in total. The summed E-state index contributed by atoms with van der Waals surface area (Å²) in [5.74, 6) is -0.972. The molecule has 2 aromatic carbocycles. The molecule has 31 heavy (non-hydrogen) atoms. The number of hydrogen-bond acceptors (Lipinski definition) is 5. The number of carbonyl (C=O) groups is 2. The van der Waals surface area contributed by atoms with Crippen LogP contribution in [0.3, 0.4) is 0 Å². The second kappa shape index (κ2) is 9.72. The van der Waals surface area contributed by atoms with Gasteiger partial charge in [-0.15, -0.1) is 0 Å². The van der Waals surface area contributed by atoms with Gasteiger partial charge in [-0.3, -0.25) is 9.59 Å². The second-order valence-electron chi connectivity index (χ2n) is 7.23. The van der Waals surface area contributed by atoms with Gasteiger partial charge in [-0.05, 0) is 50.8 Å². The predicted molar refractivity (Wildman–Crippen MR) is 116 cm³/mol. The van der Waals surface area contributed by atoms with Gasteiger partial charge < -0.3 is 20.1 Å². The van der Waals surface area contributed by atoms with Gasteiger partial charge in [0.15, 0.2) is 0 Å². The number of nitrogens with zero attached hydrogens (tertiary/aromatic N) is 2. The van der Waals surface area contributed by atoms with Gasteiger partial charge in [-0.1, -0.05) is 35.0 Å². The molecule has 0 unspecified atom stereocenters. The van der Waals surface area contributed by atoms with Crippen LogP contribution in [0, 0.1) is 12.7 Å². The fourth-order valence-corrected chi connectivity index (χ4v) is 3.30. The molecule has 0 aliphatic carbocycles. The first-order valence-corrected chi connectivity index (χ1v) is 9.86. The van der Waals surface area contributed by atoms with Crippen LogP contribution in [0.4, 0.5) is 10.1 Å². The van der Waals surface area contributed by atoms with Crippen LogP contribution in [-0.2, 0) is 11.3 Å². The van der Waals surface area contributed by atoms with Crippen LogP contribution < -0.4 is 10.6 Å². The molecule has 162 valence electrons. The largest absolute Gasteiger partial charge is 0.360 e. The molecule has 0 saturated heterocycles. The Bertz CT molecular complexity index is 1090. The maximum Gasteiger partial charge on any atom is 0.257 e. The SMILES string of the molecule is Cc1onc(-c2c(F)cccc2Cl)c1C(=O)NCc1cccc(NC(=O)CN(C)C)c1. The minimum Gasteiger partial charge on any atom is -0.360 e. The van der Waals surface area contributed by atoms with Crippen LogP contribution in [0.15, 0.2) is 47.0 Å². The Balaban J connectivity index is 1.75. The Labute approximate surface area is 184 Å². The molecule has 3 rings (SSSR count). The third-order valence-electron chi connectivity index (χ3n) is 4.41. The van der Waals surface area contributed by atoms with Crippen molar-refractivity contribution in [2.75, 3.05) is 26.0 Å². The normalized spacial score (nSPS) is 10.9. The average Bonchev–Trinajstić information content (AvgIpc) is 3.07. The molecule has 0 aliphatic heterocycles. The molecule has 1 heterocycles. The zero-order valence-electron chi connectivity index (χ0n) is 17.3. The fraction of sp³-hybridized carbons (Fsp3) is 0.227. The molecular weight excluding hydrogens is 423 g/mol. The van der Waals surface area contributed by atoms with E-state index in [1.165, 1.54) is 18.2 Å². The number of hydrogen-bond donors (Lipinski definition) is 2. The lowest BCUT2D eigenvalue weighted by Crippen LogP contribution is -2.27. The minimum atomic E-state index is -0.601. The van der Waals surface area contributed by atoms with Crippen LogP contribution >= 0.6 is 11.6 Å². The van der Waals surface area contributed by atoms with E-state index >= 15 is 0 Å². The zero-order chi connectivity index (χ0) is 22.5. The van der Waals surface area contributed by atoms with E-state index in [9.17, 15) is 14.0 Å². The van der Waals surface area contributed by atoms with Crippen molar-refractivity contribution >= 4 is 29.1 Å². The first kappa shape index (κ1) is 22.5. The molecule has 0 radical (unpaired) electrons. The van der Waals surface area contributed by atoms with Gasteiger partial charge in [0.05, 0.1) is 17.1 Å². The summed E-state index contributed by atoms with van der Waals surface area (Å²) in [5, 5.41) is 9.56. The number of halogens is 2. The highest BCUT2D eigenvalue weighted by Gasteiger charge is 2.25. The lowest BCUT2D eigenvalue weighted by molar-refractivity contribution is -0.116. The molecule has 0 bridgehead atoms.